The van der Waals surface area contributed by atoms with Gasteiger partial charge in [0.15, 0.2) is 5.88 Å². The fraction of sp³-hybridized carbons (Fsp3) is 0.333. The van der Waals surface area contributed by atoms with Crippen molar-refractivity contribution >= 4 is 10.1 Å². The van der Waals surface area contributed by atoms with E-state index in [1.54, 1.807) is 6.07 Å². The minimum Gasteiger partial charge on any atom is -0.494 e. The number of nitrogens with zero attached hydrogens (tertiary/aromatic N) is 2. The molecule has 1 heterocycles. The molecule has 0 aliphatic heterocycles. The van der Waals surface area contributed by atoms with Crippen LogP contribution in [-0.2, 0) is 22.4 Å². The molecule has 0 aromatic carbocycles. The third-order valence-electron chi connectivity index (χ3n) is 2.16. The molecular formula is C9H11N3O5S. The summed E-state index contributed by atoms with van der Waals surface area (Å²) in [6.45, 7) is 0.0570. The SMILES string of the molecule is N#Cc1c(CS(=O)(=O)O)cc(O)n(CCN)c1=O. The topological polar surface area (TPSA) is 146 Å². The lowest BCUT2D eigenvalue weighted by Gasteiger charge is -2.10. The highest BCUT2D eigenvalue weighted by molar-refractivity contribution is 7.85. The number of aromatic hydroxyl groups is 1. The Morgan fingerprint density at radius 1 is 1.50 bits per heavy atom. The van der Waals surface area contributed by atoms with Crippen LogP contribution in [0, 0.1) is 11.3 Å². The fourth-order valence-corrected chi connectivity index (χ4v) is 2.08. The van der Waals surface area contributed by atoms with Gasteiger partial charge in [0.1, 0.15) is 17.4 Å². The third kappa shape index (κ3) is 3.07. The Bertz CT molecular complexity index is 656. The highest BCUT2D eigenvalue weighted by Crippen LogP contribution is 2.15. The minimum atomic E-state index is -4.40. The molecule has 0 saturated heterocycles. The number of rotatable bonds is 4. The first-order valence-electron chi connectivity index (χ1n) is 4.81. The fourth-order valence-electron chi connectivity index (χ4n) is 1.46. The lowest BCUT2D eigenvalue weighted by Crippen LogP contribution is -2.27. The predicted octanol–water partition coefficient (Wildman–Crippen LogP) is -1.23. The van der Waals surface area contributed by atoms with Gasteiger partial charge in [0.2, 0.25) is 0 Å². The Kier molecular flexibility index (Phi) is 4.07. The van der Waals surface area contributed by atoms with E-state index in [4.69, 9.17) is 15.5 Å². The Labute approximate surface area is 103 Å². The first-order chi connectivity index (χ1) is 8.30. The summed E-state index contributed by atoms with van der Waals surface area (Å²) in [5, 5.41) is 18.4. The van der Waals surface area contributed by atoms with Crippen molar-refractivity contribution in [1.82, 2.24) is 4.57 Å². The van der Waals surface area contributed by atoms with E-state index >= 15 is 0 Å². The quantitative estimate of drug-likeness (QED) is 0.582. The molecule has 0 amide bonds. The maximum absolute atomic E-state index is 11.8. The number of hydrogen-bond acceptors (Lipinski definition) is 6. The molecule has 1 aromatic heterocycles. The second-order valence-corrected chi connectivity index (χ2v) is 4.94. The van der Waals surface area contributed by atoms with Crippen molar-refractivity contribution in [2.75, 3.05) is 6.54 Å². The first kappa shape index (κ1) is 14.2. The summed E-state index contributed by atoms with van der Waals surface area (Å²) in [7, 11) is -4.40. The van der Waals surface area contributed by atoms with Crippen LogP contribution in [0.5, 0.6) is 5.88 Å². The van der Waals surface area contributed by atoms with Gasteiger partial charge in [0.25, 0.3) is 15.7 Å². The molecule has 18 heavy (non-hydrogen) atoms. The molecule has 9 heteroatoms. The zero-order chi connectivity index (χ0) is 13.9. The Balaban J connectivity index is 3.49. The minimum absolute atomic E-state index is 0.00843. The molecule has 0 radical (unpaired) electrons. The summed E-state index contributed by atoms with van der Waals surface area (Å²) in [6.07, 6.45) is 0. The first-order valence-corrected chi connectivity index (χ1v) is 6.42. The van der Waals surface area contributed by atoms with Gasteiger partial charge < -0.3 is 10.8 Å². The van der Waals surface area contributed by atoms with Crippen molar-refractivity contribution in [3.63, 3.8) is 0 Å². The molecule has 98 valence electrons. The molecule has 0 atom stereocenters. The van der Waals surface area contributed by atoms with Crippen LogP contribution in [0.3, 0.4) is 0 Å². The number of nitriles is 1. The van der Waals surface area contributed by atoms with Crippen molar-refractivity contribution in [1.29, 1.82) is 5.26 Å². The monoisotopic (exact) mass is 273 g/mol. The second-order valence-electron chi connectivity index (χ2n) is 3.49. The van der Waals surface area contributed by atoms with Crippen LogP contribution in [-0.4, -0.2) is 29.2 Å². The standard InChI is InChI=1S/C9H11N3O5S/c10-1-2-12-8(13)3-6(5-18(15,16)17)7(4-11)9(12)14/h3,13H,1-2,5,10H2,(H,15,16,17). The zero-order valence-corrected chi connectivity index (χ0v) is 10.0. The van der Waals surface area contributed by atoms with E-state index in [9.17, 15) is 18.3 Å². The molecule has 0 spiro atoms. The van der Waals surface area contributed by atoms with Gasteiger partial charge >= 0.3 is 0 Å². The van der Waals surface area contributed by atoms with Crippen LogP contribution in [0.15, 0.2) is 10.9 Å². The van der Waals surface area contributed by atoms with E-state index in [1.165, 1.54) is 0 Å². The Morgan fingerprint density at radius 3 is 2.56 bits per heavy atom. The molecule has 0 saturated carbocycles. The van der Waals surface area contributed by atoms with Crippen LogP contribution in [0.4, 0.5) is 0 Å². The van der Waals surface area contributed by atoms with Gasteiger partial charge in [-0.1, -0.05) is 0 Å². The van der Waals surface area contributed by atoms with Gasteiger partial charge in [-0.3, -0.25) is 13.9 Å². The second kappa shape index (κ2) is 5.18. The van der Waals surface area contributed by atoms with E-state index in [0.29, 0.717) is 0 Å². The molecular weight excluding hydrogens is 262 g/mol. The van der Waals surface area contributed by atoms with Gasteiger partial charge in [-0.05, 0) is 5.56 Å². The van der Waals surface area contributed by atoms with Crippen molar-refractivity contribution in [3.8, 4) is 11.9 Å². The van der Waals surface area contributed by atoms with E-state index in [-0.39, 0.29) is 18.7 Å². The molecule has 0 fully saturated rings. The smallest absolute Gasteiger partial charge is 0.271 e. The molecule has 0 unspecified atom stereocenters. The predicted molar refractivity (Wildman–Crippen MR) is 61.4 cm³/mol. The summed E-state index contributed by atoms with van der Waals surface area (Å²) in [5.74, 6) is -1.43. The highest BCUT2D eigenvalue weighted by atomic mass is 32.2. The van der Waals surface area contributed by atoms with E-state index in [1.807, 2.05) is 0 Å². The lowest BCUT2D eigenvalue weighted by molar-refractivity contribution is 0.406. The number of nitrogens with two attached hydrogens (primary N) is 1. The molecule has 1 aromatic rings. The normalized spacial score (nSPS) is 11.2. The van der Waals surface area contributed by atoms with E-state index < -0.39 is 32.9 Å². The molecule has 8 nitrogen and oxygen atoms in total. The lowest BCUT2D eigenvalue weighted by atomic mass is 10.1. The third-order valence-corrected chi connectivity index (χ3v) is 2.84. The van der Waals surface area contributed by atoms with Gasteiger partial charge in [0, 0.05) is 19.2 Å². The van der Waals surface area contributed by atoms with Crippen molar-refractivity contribution in [2.24, 2.45) is 5.73 Å². The van der Waals surface area contributed by atoms with Crippen LogP contribution in [0.1, 0.15) is 11.1 Å². The summed E-state index contributed by atoms with van der Waals surface area (Å²) in [4.78, 5) is 11.8. The van der Waals surface area contributed by atoms with Crippen LogP contribution in [0.2, 0.25) is 0 Å². The average Bonchev–Trinajstić information content (AvgIpc) is 2.22. The van der Waals surface area contributed by atoms with Crippen LogP contribution in [0.25, 0.3) is 0 Å². The van der Waals surface area contributed by atoms with E-state index in [0.717, 1.165) is 10.6 Å². The average molecular weight is 273 g/mol. The van der Waals surface area contributed by atoms with Gasteiger partial charge in [0.05, 0.1) is 0 Å². The molecule has 1 rings (SSSR count). The molecule has 0 aliphatic carbocycles. The summed E-state index contributed by atoms with van der Waals surface area (Å²) >= 11 is 0. The number of hydrogen-bond donors (Lipinski definition) is 3. The van der Waals surface area contributed by atoms with Crippen molar-refractivity contribution in [2.45, 2.75) is 12.3 Å². The highest BCUT2D eigenvalue weighted by Gasteiger charge is 2.18. The molecule has 0 bridgehead atoms. The van der Waals surface area contributed by atoms with Gasteiger partial charge in [-0.25, -0.2) is 0 Å². The van der Waals surface area contributed by atoms with Gasteiger partial charge in [-0.2, -0.15) is 13.7 Å². The maximum Gasteiger partial charge on any atom is 0.271 e. The number of pyridine rings is 1. The maximum atomic E-state index is 11.8. The van der Waals surface area contributed by atoms with Crippen molar-refractivity contribution < 1.29 is 18.1 Å². The van der Waals surface area contributed by atoms with Crippen LogP contribution >= 0.6 is 0 Å². The number of aromatic nitrogens is 1. The summed E-state index contributed by atoms with van der Waals surface area (Å²) in [5.41, 5.74) is 3.69. The van der Waals surface area contributed by atoms with E-state index in [2.05, 4.69) is 0 Å². The molecule has 0 aliphatic rings. The Hall–Kier alpha value is -1.89. The summed E-state index contributed by atoms with van der Waals surface area (Å²) < 4.78 is 31.0. The summed E-state index contributed by atoms with van der Waals surface area (Å²) in [6, 6.07) is 2.50. The largest absolute Gasteiger partial charge is 0.494 e. The molecule has 4 N–H and O–H groups in total. The van der Waals surface area contributed by atoms with Crippen molar-refractivity contribution in [3.05, 3.63) is 27.5 Å². The zero-order valence-electron chi connectivity index (χ0n) is 9.20. The van der Waals surface area contributed by atoms with Crippen LogP contribution < -0.4 is 11.3 Å². The Morgan fingerprint density at radius 2 is 2.11 bits per heavy atom. The van der Waals surface area contributed by atoms with Gasteiger partial charge in [-0.15, -0.1) is 0 Å².